The lowest BCUT2D eigenvalue weighted by Crippen LogP contribution is -2.09. The van der Waals surface area contributed by atoms with Gasteiger partial charge in [-0.3, -0.25) is 0 Å². The van der Waals surface area contributed by atoms with E-state index in [1.54, 1.807) is 6.20 Å². The Hall–Kier alpha value is -1.29. The highest BCUT2D eigenvalue weighted by molar-refractivity contribution is 5.51. The van der Waals surface area contributed by atoms with Crippen LogP contribution in [0, 0.1) is 5.92 Å². The summed E-state index contributed by atoms with van der Waals surface area (Å²) in [5.41, 5.74) is 3.61. The van der Waals surface area contributed by atoms with Crippen LogP contribution in [0.2, 0.25) is 0 Å². The van der Waals surface area contributed by atoms with Crippen molar-refractivity contribution in [1.29, 1.82) is 0 Å². The highest BCUT2D eigenvalue weighted by Gasteiger charge is 1.96. The maximum absolute atomic E-state index is 5.31. The van der Waals surface area contributed by atoms with Crippen LogP contribution >= 0.6 is 0 Å². The minimum atomic E-state index is 0.692. The summed E-state index contributed by atoms with van der Waals surface area (Å²) in [5, 5.41) is 3.38. The molecular formula is C14H26N4. The molecule has 1 heterocycles. The number of aromatic nitrogens is 1. The van der Waals surface area contributed by atoms with Gasteiger partial charge in [-0.2, -0.15) is 0 Å². The normalized spacial score (nSPS) is 10.7. The first kappa shape index (κ1) is 14.8. The second kappa shape index (κ2) is 8.75. The fourth-order valence-electron chi connectivity index (χ4n) is 1.88. The van der Waals surface area contributed by atoms with Crippen LogP contribution in [0.5, 0.6) is 0 Å². The number of nitrogens with zero attached hydrogens (tertiary/aromatic N) is 1. The van der Waals surface area contributed by atoms with Crippen LogP contribution in [0.25, 0.3) is 0 Å². The van der Waals surface area contributed by atoms with E-state index in [-0.39, 0.29) is 0 Å². The monoisotopic (exact) mass is 250 g/mol. The summed E-state index contributed by atoms with van der Waals surface area (Å²) in [6.45, 7) is 5.58. The minimum Gasteiger partial charge on any atom is -0.385 e. The number of hydrogen-bond donors (Lipinski definition) is 3. The van der Waals surface area contributed by atoms with Crippen LogP contribution in [0.1, 0.15) is 46.0 Å². The molecule has 0 aliphatic rings. The van der Waals surface area contributed by atoms with Crippen LogP contribution in [0.3, 0.4) is 0 Å². The molecule has 1 aromatic rings. The fraction of sp³-hybridized carbons (Fsp3) is 0.643. The van der Waals surface area contributed by atoms with E-state index < -0.39 is 0 Å². The molecule has 0 saturated carbocycles. The van der Waals surface area contributed by atoms with E-state index in [4.69, 9.17) is 5.84 Å². The van der Waals surface area contributed by atoms with Crippen molar-refractivity contribution in [2.75, 3.05) is 17.3 Å². The summed E-state index contributed by atoms with van der Waals surface area (Å²) in [4.78, 5) is 4.07. The average Bonchev–Trinajstić information content (AvgIpc) is 2.37. The molecule has 0 aliphatic heterocycles. The summed E-state index contributed by atoms with van der Waals surface area (Å²) in [6.07, 6.45) is 8.31. The van der Waals surface area contributed by atoms with Crippen molar-refractivity contribution >= 4 is 11.5 Å². The topological polar surface area (TPSA) is 63.0 Å². The van der Waals surface area contributed by atoms with E-state index >= 15 is 0 Å². The highest BCUT2D eigenvalue weighted by Crippen LogP contribution is 2.12. The minimum absolute atomic E-state index is 0.692. The number of nitrogens with two attached hydrogens (primary N) is 1. The third-order valence-corrected chi connectivity index (χ3v) is 2.95. The number of hydrazine groups is 1. The zero-order chi connectivity index (χ0) is 13.2. The van der Waals surface area contributed by atoms with Crippen molar-refractivity contribution in [2.45, 2.75) is 46.0 Å². The van der Waals surface area contributed by atoms with Gasteiger partial charge in [0.25, 0.3) is 0 Å². The van der Waals surface area contributed by atoms with Crippen LogP contribution < -0.4 is 16.6 Å². The molecule has 102 valence electrons. The molecule has 4 N–H and O–H groups in total. The SMILES string of the molecule is CC(C)CCCCCCNc1ccnc(NN)c1. The Kier molecular flexibility index (Phi) is 7.18. The van der Waals surface area contributed by atoms with E-state index in [9.17, 15) is 0 Å². The van der Waals surface area contributed by atoms with Gasteiger partial charge in [-0.25, -0.2) is 10.8 Å². The Balaban J connectivity index is 2.06. The largest absolute Gasteiger partial charge is 0.385 e. The molecule has 4 heteroatoms. The van der Waals surface area contributed by atoms with Gasteiger partial charge >= 0.3 is 0 Å². The molecule has 0 aromatic carbocycles. The van der Waals surface area contributed by atoms with Crippen molar-refractivity contribution in [3.63, 3.8) is 0 Å². The number of nitrogens with one attached hydrogen (secondary N) is 2. The standard InChI is InChI=1S/C14H26N4/c1-12(2)7-5-3-4-6-9-16-13-8-10-17-14(11-13)18-15/h8,10-12H,3-7,9,15H2,1-2H3,(H2,16,17,18). The third kappa shape index (κ3) is 6.45. The summed E-state index contributed by atoms with van der Waals surface area (Å²) in [7, 11) is 0. The molecule has 0 spiro atoms. The zero-order valence-corrected chi connectivity index (χ0v) is 11.6. The Labute approximate surface area is 110 Å². The van der Waals surface area contributed by atoms with E-state index in [1.165, 1.54) is 32.1 Å². The predicted octanol–water partition coefficient (Wildman–Crippen LogP) is 3.39. The fourth-order valence-corrected chi connectivity index (χ4v) is 1.88. The van der Waals surface area contributed by atoms with Crippen molar-refractivity contribution in [1.82, 2.24) is 4.98 Å². The van der Waals surface area contributed by atoms with Gasteiger partial charge in [-0.15, -0.1) is 0 Å². The van der Waals surface area contributed by atoms with Gasteiger partial charge in [0.15, 0.2) is 0 Å². The second-order valence-corrected chi connectivity index (χ2v) is 5.10. The molecular weight excluding hydrogens is 224 g/mol. The number of anilines is 2. The number of nitrogen functional groups attached to an aromatic ring is 1. The van der Waals surface area contributed by atoms with Crippen molar-refractivity contribution in [3.8, 4) is 0 Å². The molecule has 4 nitrogen and oxygen atoms in total. The molecule has 0 radical (unpaired) electrons. The van der Waals surface area contributed by atoms with Crippen molar-refractivity contribution < 1.29 is 0 Å². The van der Waals surface area contributed by atoms with E-state index in [1.807, 2.05) is 12.1 Å². The summed E-state index contributed by atoms with van der Waals surface area (Å²) < 4.78 is 0. The Morgan fingerprint density at radius 1 is 1.22 bits per heavy atom. The van der Waals surface area contributed by atoms with E-state index in [2.05, 4.69) is 29.6 Å². The molecule has 1 aromatic heterocycles. The van der Waals surface area contributed by atoms with Crippen LogP contribution in [-0.2, 0) is 0 Å². The second-order valence-electron chi connectivity index (χ2n) is 5.10. The number of unbranched alkanes of at least 4 members (excludes halogenated alkanes) is 3. The first-order chi connectivity index (χ1) is 8.72. The van der Waals surface area contributed by atoms with Gasteiger partial charge in [-0.05, 0) is 18.4 Å². The zero-order valence-electron chi connectivity index (χ0n) is 11.6. The predicted molar refractivity (Wildman–Crippen MR) is 78.5 cm³/mol. The van der Waals surface area contributed by atoms with Gasteiger partial charge in [0.2, 0.25) is 0 Å². The summed E-state index contributed by atoms with van der Waals surface area (Å²) in [5.74, 6) is 6.84. The van der Waals surface area contributed by atoms with E-state index in [0.29, 0.717) is 5.82 Å². The van der Waals surface area contributed by atoms with Crippen LogP contribution in [0.4, 0.5) is 11.5 Å². The van der Waals surface area contributed by atoms with Gasteiger partial charge in [0.1, 0.15) is 5.82 Å². The quantitative estimate of drug-likeness (QED) is 0.357. The molecule has 0 unspecified atom stereocenters. The molecule has 0 saturated heterocycles. The lowest BCUT2D eigenvalue weighted by Gasteiger charge is -2.08. The first-order valence-electron chi connectivity index (χ1n) is 6.89. The number of pyridine rings is 1. The number of hydrogen-bond acceptors (Lipinski definition) is 4. The summed E-state index contributed by atoms with van der Waals surface area (Å²) >= 11 is 0. The Bertz CT molecular complexity index is 325. The average molecular weight is 250 g/mol. The molecule has 0 bridgehead atoms. The number of rotatable bonds is 9. The molecule has 0 aliphatic carbocycles. The maximum Gasteiger partial charge on any atom is 0.141 e. The van der Waals surface area contributed by atoms with Crippen LogP contribution in [-0.4, -0.2) is 11.5 Å². The third-order valence-electron chi connectivity index (χ3n) is 2.95. The van der Waals surface area contributed by atoms with Crippen LogP contribution in [0.15, 0.2) is 18.3 Å². The van der Waals surface area contributed by atoms with Gasteiger partial charge < -0.3 is 10.7 Å². The molecule has 18 heavy (non-hydrogen) atoms. The first-order valence-corrected chi connectivity index (χ1v) is 6.89. The van der Waals surface area contributed by atoms with Gasteiger partial charge in [0.05, 0.1) is 0 Å². The van der Waals surface area contributed by atoms with E-state index in [0.717, 1.165) is 18.2 Å². The maximum atomic E-state index is 5.31. The lowest BCUT2D eigenvalue weighted by atomic mass is 10.0. The molecule has 0 amide bonds. The molecule has 0 fully saturated rings. The van der Waals surface area contributed by atoms with Crippen molar-refractivity contribution in [3.05, 3.63) is 18.3 Å². The molecule has 0 atom stereocenters. The lowest BCUT2D eigenvalue weighted by molar-refractivity contribution is 0.523. The smallest absolute Gasteiger partial charge is 0.141 e. The van der Waals surface area contributed by atoms with Gasteiger partial charge in [0, 0.05) is 24.5 Å². The highest BCUT2D eigenvalue weighted by atomic mass is 15.2. The summed E-state index contributed by atoms with van der Waals surface area (Å²) in [6, 6.07) is 3.87. The molecule has 1 rings (SSSR count). The van der Waals surface area contributed by atoms with Crippen molar-refractivity contribution in [2.24, 2.45) is 11.8 Å². The Morgan fingerprint density at radius 2 is 2.00 bits per heavy atom. The Morgan fingerprint density at radius 3 is 2.72 bits per heavy atom. The van der Waals surface area contributed by atoms with Gasteiger partial charge in [-0.1, -0.05) is 39.5 Å².